The highest BCUT2D eigenvalue weighted by molar-refractivity contribution is 5.76. The van der Waals surface area contributed by atoms with Crippen LogP contribution >= 0.6 is 0 Å². The van der Waals surface area contributed by atoms with Gasteiger partial charge in [0.1, 0.15) is 0 Å². The Balaban J connectivity index is 1.66. The number of rotatable bonds is 7. The van der Waals surface area contributed by atoms with E-state index in [2.05, 4.69) is 10.4 Å². The molecule has 0 saturated heterocycles. The summed E-state index contributed by atoms with van der Waals surface area (Å²) in [4.78, 5) is 11.7. The molecule has 112 valence electrons. The van der Waals surface area contributed by atoms with Crippen LogP contribution < -0.4 is 5.32 Å². The minimum absolute atomic E-state index is 0.0500. The largest absolute Gasteiger partial charge is 0.391 e. The highest BCUT2D eigenvalue weighted by Crippen LogP contribution is 2.03. The Morgan fingerprint density at radius 2 is 2.10 bits per heavy atom. The number of hydrogen-bond acceptors (Lipinski definition) is 3. The van der Waals surface area contributed by atoms with Gasteiger partial charge in [0, 0.05) is 32.6 Å². The molecule has 0 spiro atoms. The summed E-state index contributed by atoms with van der Waals surface area (Å²) >= 11 is 0. The Bertz CT molecular complexity index is 566. The molecule has 0 fully saturated rings. The van der Waals surface area contributed by atoms with Crippen molar-refractivity contribution in [3.05, 3.63) is 53.9 Å². The van der Waals surface area contributed by atoms with Gasteiger partial charge in [0.15, 0.2) is 0 Å². The first-order chi connectivity index (χ1) is 10.1. The number of aryl methyl sites for hydroxylation is 2. The van der Waals surface area contributed by atoms with Crippen molar-refractivity contribution in [3.63, 3.8) is 0 Å². The monoisotopic (exact) mass is 287 g/mol. The van der Waals surface area contributed by atoms with Crippen LogP contribution in [0.5, 0.6) is 0 Å². The second-order valence-electron chi connectivity index (χ2n) is 5.17. The normalized spacial score (nSPS) is 12.1. The highest BCUT2D eigenvalue weighted by Gasteiger charge is 2.08. The molecule has 2 aromatic rings. The van der Waals surface area contributed by atoms with Gasteiger partial charge >= 0.3 is 0 Å². The molecule has 1 amide bonds. The third-order valence-electron chi connectivity index (χ3n) is 3.25. The predicted molar refractivity (Wildman–Crippen MR) is 80.7 cm³/mol. The summed E-state index contributed by atoms with van der Waals surface area (Å²) in [6.45, 7) is 0.279. The second kappa shape index (κ2) is 7.59. The lowest BCUT2D eigenvalue weighted by atomic mass is 10.1. The van der Waals surface area contributed by atoms with Crippen LogP contribution in [0.25, 0.3) is 0 Å². The van der Waals surface area contributed by atoms with Crippen LogP contribution in [0, 0.1) is 0 Å². The smallest absolute Gasteiger partial charge is 0.220 e. The topological polar surface area (TPSA) is 67.2 Å². The number of benzene rings is 1. The molecular formula is C16H21N3O2. The van der Waals surface area contributed by atoms with Crippen molar-refractivity contribution >= 4 is 5.91 Å². The van der Waals surface area contributed by atoms with E-state index >= 15 is 0 Å². The van der Waals surface area contributed by atoms with Crippen LogP contribution in [0.4, 0.5) is 0 Å². The summed E-state index contributed by atoms with van der Waals surface area (Å²) < 4.78 is 1.72. The van der Waals surface area contributed by atoms with Crippen LogP contribution in [0.3, 0.4) is 0 Å². The van der Waals surface area contributed by atoms with E-state index in [1.54, 1.807) is 10.9 Å². The average Bonchev–Trinajstić information content (AvgIpc) is 2.90. The van der Waals surface area contributed by atoms with E-state index < -0.39 is 6.10 Å². The lowest BCUT2D eigenvalue weighted by molar-refractivity contribution is -0.121. The molecular weight excluding hydrogens is 266 g/mol. The first-order valence-corrected chi connectivity index (χ1v) is 7.09. The Morgan fingerprint density at radius 1 is 1.33 bits per heavy atom. The maximum absolute atomic E-state index is 11.7. The Kier molecular flexibility index (Phi) is 5.51. The van der Waals surface area contributed by atoms with Gasteiger partial charge in [0.25, 0.3) is 0 Å². The predicted octanol–water partition coefficient (Wildman–Crippen LogP) is 1.07. The molecule has 5 nitrogen and oxygen atoms in total. The Hall–Kier alpha value is -2.14. The van der Waals surface area contributed by atoms with Crippen molar-refractivity contribution in [1.82, 2.24) is 15.1 Å². The minimum atomic E-state index is -0.560. The molecule has 0 radical (unpaired) electrons. The third kappa shape index (κ3) is 5.39. The summed E-state index contributed by atoms with van der Waals surface area (Å²) in [5.74, 6) is -0.0500. The second-order valence-corrected chi connectivity index (χ2v) is 5.17. The highest BCUT2D eigenvalue weighted by atomic mass is 16.3. The number of aliphatic hydroxyl groups is 1. The molecule has 0 bridgehead atoms. The fourth-order valence-electron chi connectivity index (χ4n) is 2.14. The molecule has 2 N–H and O–H groups in total. The molecule has 0 aliphatic rings. The molecule has 0 aliphatic carbocycles. The van der Waals surface area contributed by atoms with Gasteiger partial charge in [0.2, 0.25) is 5.91 Å². The number of amides is 1. The van der Waals surface area contributed by atoms with Crippen LogP contribution in [0.15, 0.2) is 42.7 Å². The maximum Gasteiger partial charge on any atom is 0.220 e. The number of nitrogens with one attached hydrogen (secondary N) is 1. The van der Waals surface area contributed by atoms with Gasteiger partial charge in [-0.25, -0.2) is 0 Å². The minimum Gasteiger partial charge on any atom is -0.391 e. The van der Waals surface area contributed by atoms with Gasteiger partial charge in [-0.3, -0.25) is 9.48 Å². The number of carbonyl (C=O) groups is 1. The third-order valence-corrected chi connectivity index (χ3v) is 3.25. The number of hydrogen-bond donors (Lipinski definition) is 2. The zero-order chi connectivity index (χ0) is 15.1. The fraction of sp³-hybridized carbons (Fsp3) is 0.375. The summed E-state index contributed by atoms with van der Waals surface area (Å²) in [6.07, 6.45) is 4.71. The standard InChI is InChI=1S/C16H21N3O2/c1-19-12-14(10-18-19)7-8-16(21)17-11-15(20)9-13-5-3-2-4-6-13/h2-6,10,12,15,20H,7-9,11H2,1H3,(H,17,21)/t15-/m1/s1. The van der Waals surface area contributed by atoms with Crippen LogP contribution in [-0.4, -0.2) is 33.4 Å². The van der Waals surface area contributed by atoms with Crippen LogP contribution in [0.1, 0.15) is 17.5 Å². The molecule has 0 aliphatic heterocycles. The lowest BCUT2D eigenvalue weighted by Crippen LogP contribution is -2.33. The first-order valence-electron chi connectivity index (χ1n) is 7.09. The zero-order valence-corrected chi connectivity index (χ0v) is 12.2. The summed E-state index contributed by atoms with van der Waals surface area (Å²) in [6, 6.07) is 9.75. The van der Waals surface area contributed by atoms with Gasteiger partial charge in [-0.15, -0.1) is 0 Å². The molecule has 5 heteroatoms. The van der Waals surface area contributed by atoms with Gasteiger partial charge < -0.3 is 10.4 Å². The van der Waals surface area contributed by atoms with E-state index in [0.29, 0.717) is 19.3 Å². The molecule has 21 heavy (non-hydrogen) atoms. The van der Waals surface area contributed by atoms with E-state index in [-0.39, 0.29) is 12.5 Å². The van der Waals surface area contributed by atoms with Crippen molar-refractivity contribution in [2.24, 2.45) is 7.05 Å². The number of nitrogens with zero attached hydrogens (tertiary/aromatic N) is 2. The summed E-state index contributed by atoms with van der Waals surface area (Å²) in [5, 5.41) is 16.7. The Morgan fingerprint density at radius 3 is 2.76 bits per heavy atom. The van der Waals surface area contributed by atoms with E-state index in [0.717, 1.165) is 11.1 Å². The van der Waals surface area contributed by atoms with Crippen molar-refractivity contribution in [3.8, 4) is 0 Å². The van der Waals surface area contributed by atoms with Gasteiger partial charge in [-0.05, 0) is 17.5 Å². The zero-order valence-electron chi connectivity index (χ0n) is 12.2. The lowest BCUT2D eigenvalue weighted by Gasteiger charge is -2.11. The van der Waals surface area contributed by atoms with Crippen molar-refractivity contribution < 1.29 is 9.90 Å². The van der Waals surface area contributed by atoms with Gasteiger partial charge in [-0.2, -0.15) is 5.10 Å². The molecule has 1 atom stereocenters. The SMILES string of the molecule is Cn1cc(CCC(=O)NC[C@H](O)Cc2ccccc2)cn1. The van der Waals surface area contributed by atoms with E-state index in [1.165, 1.54) is 0 Å². The van der Waals surface area contributed by atoms with Crippen LogP contribution in [0.2, 0.25) is 0 Å². The summed E-state index contributed by atoms with van der Waals surface area (Å²) in [7, 11) is 1.85. The van der Waals surface area contributed by atoms with Gasteiger partial charge in [-0.1, -0.05) is 30.3 Å². The fourth-order valence-corrected chi connectivity index (χ4v) is 2.14. The molecule has 1 aromatic carbocycles. The van der Waals surface area contributed by atoms with Gasteiger partial charge in [0.05, 0.1) is 12.3 Å². The van der Waals surface area contributed by atoms with Crippen molar-refractivity contribution in [1.29, 1.82) is 0 Å². The number of aliphatic hydroxyl groups excluding tert-OH is 1. The number of aromatic nitrogens is 2. The van der Waals surface area contributed by atoms with E-state index in [9.17, 15) is 9.90 Å². The van der Waals surface area contributed by atoms with Crippen molar-refractivity contribution in [2.75, 3.05) is 6.54 Å². The first kappa shape index (κ1) is 15.3. The molecule has 0 unspecified atom stereocenters. The Labute approximate surface area is 124 Å². The molecule has 0 saturated carbocycles. The van der Waals surface area contributed by atoms with Crippen LogP contribution in [-0.2, 0) is 24.7 Å². The molecule has 2 rings (SSSR count). The summed E-state index contributed by atoms with van der Waals surface area (Å²) in [5.41, 5.74) is 2.10. The molecule has 1 aromatic heterocycles. The number of carbonyl (C=O) groups excluding carboxylic acids is 1. The van der Waals surface area contributed by atoms with Crippen molar-refractivity contribution in [2.45, 2.75) is 25.4 Å². The van der Waals surface area contributed by atoms with E-state index in [4.69, 9.17) is 0 Å². The van der Waals surface area contributed by atoms with E-state index in [1.807, 2.05) is 43.6 Å². The molecule has 1 heterocycles. The average molecular weight is 287 g/mol. The quantitative estimate of drug-likeness (QED) is 0.800. The maximum atomic E-state index is 11.7.